The van der Waals surface area contributed by atoms with E-state index in [4.69, 9.17) is 9.47 Å². The molecule has 1 heterocycles. The van der Waals surface area contributed by atoms with Crippen LogP contribution in [0.15, 0.2) is 18.3 Å². The average molecular weight is 266 g/mol. The lowest BCUT2D eigenvalue weighted by Crippen LogP contribution is -2.24. The summed E-state index contributed by atoms with van der Waals surface area (Å²) >= 11 is 0. The standard InChI is InChI=1S/C15H26N2O2/c1-5-9-16-14-7-6-13(11-17-14)12-19-10-8-15(2,3)18-4/h6-7,11H,5,8-10,12H2,1-4H3,(H,16,17). The van der Waals surface area contributed by atoms with Crippen molar-refractivity contribution < 1.29 is 9.47 Å². The lowest BCUT2D eigenvalue weighted by Gasteiger charge is -2.22. The maximum Gasteiger partial charge on any atom is 0.125 e. The van der Waals surface area contributed by atoms with E-state index in [9.17, 15) is 0 Å². The summed E-state index contributed by atoms with van der Waals surface area (Å²) < 4.78 is 11.0. The van der Waals surface area contributed by atoms with E-state index in [1.54, 1.807) is 7.11 Å². The molecule has 108 valence electrons. The average Bonchev–Trinajstić information content (AvgIpc) is 2.42. The van der Waals surface area contributed by atoms with Gasteiger partial charge in [0, 0.05) is 26.5 Å². The maximum atomic E-state index is 5.64. The van der Waals surface area contributed by atoms with Gasteiger partial charge >= 0.3 is 0 Å². The minimum Gasteiger partial charge on any atom is -0.379 e. The van der Waals surface area contributed by atoms with Crippen LogP contribution >= 0.6 is 0 Å². The fraction of sp³-hybridized carbons (Fsp3) is 0.667. The second-order valence-electron chi connectivity index (χ2n) is 5.24. The highest BCUT2D eigenvalue weighted by atomic mass is 16.5. The lowest BCUT2D eigenvalue weighted by molar-refractivity contribution is -0.0124. The van der Waals surface area contributed by atoms with Gasteiger partial charge in [0.2, 0.25) is 0 Å². The molecule has 0 aliphatic carbocycles. The van der Waals surface area contributed by atoms with Crippen molar-refractivity contribution in [1.82, 2.24) is 4.98 Å². The summed E-state index contributed by atoms with van der Waals surface area (Å²) in [6, 6.07) is 4.04. The van der Waals surface area contributed by atoms with Crippen LogP contribution < -0.4 is 5.32 Å². The largest absolute Gasteiger partial charge is 0.379 e. The Morgan fingerprint density at radius 3 is 2.68 bits per heavy atom. The van der Waals surface area contributed by atoms with Gasteiger partial charge in [0.05, 0.1) is 12.2 Å². The molecule has 19 heavy (non-hydrogen) atoms. The summed E-state index contributed by atoms with van der Waals surface area (Å²) in [5.41, 5.74) is 0.976. The third-order valence-electron chi connectivity index (χ3n) is 3.05. The first-order valence-corrected chi connectivity index (χ1v) is 6.89. The molecule has 4 nitrogen and oxygen atoms in total. The summed E-state index contributed by atoms with van der Waals surface area (Å²) in [4.78, 5) is 4.34. The van der Waals surface area contributed by atoms with Gasteiger partial charge in [-0.05, 0) is 38.3 Å². The van der Waals surface area contributed by atoms with Crippen molar-refractivity contribution in [1.29, 1.82) is 0 Å². The Balaban J connectivity index is 2.26. The van der Waals surface area contributed by atoms with E-state index in [0.29, 0.717) is 13.2 Å². The number of ether oxygens (including phenoxy) is 2. The van der Waals surface area contributed by atoms with Gasteiger partial charge in [-0.1, -0.05) is 13.0 Å². The smallest absolute Gasteiger partial charge is 0.125 e. The summed E-state index contributed by atoms with van der Waals surface area (Å²) in [5.74, 6) is 0.922. The van der Waals surface area contributed by atoms with Crippen molar-refractivity contribution in [3.05, 3.63) is 23.9 Å². The van der Waals surface area contributed by atoms with Crippen molar-refractivity contribution >= 4 is 5.82 Å². The molecule has 0 spiro atoms. The molecular formula is C15H26N2O2. The van der Waals surface area contributed by atoms with E-state index in [2.05, 4.69) is 31.1 Å². The molecule has 0 radical (unpaired) electrons. The molecule has 0 saturated carbocycles. The zero-order chi connectivity index (χ0) is 14.1. The highest BCUT2D eigenvalue weighted by Crippen LogP contribution is 2.13. The molecule has 0 fully saturated rings. The number of nitrogens with one attached hydrogen (secondary N) is 1. The third-order valence-corrected chi connectivity index (χ3v) is 3.05. The van der Waals surface area contributed by atoms with Crippen LogP contribution in [0.2, 0.25) is 0 Å². The van der Waals surface area contributed by atoms with Gasteiger partial charge in [-0.25, -0.2) is 4.98 Å². The number of hydrogen-bond donors (Lipinski definition) is 1. The van der Waals surface area contributed by atoms with Crippen LogP contribution in [0.4, 0.5) is 5.82 Å². The zero-order valence-electron chi connectivity index (χ0n) is 12.5. The normalized spacial score (nSPS) is 11.6. The van der Waals surface area contributed by atoms with Gasteiger partial charge in [0.1, 0.15) is 5.82 Å². The van der Waals surface area contributed by atoms with Crippen LogP contribution in [0.3, 0.4) is 0 Å². The number of nitrogens with zero attached hydrogens (tertiary/aromatic N) is 1. The second-order valence-corrected chi connectivity index (χ2v) is 5.24. The molecule has 0 saturated heterocycles. The van der Waals surface area contributed by atoms with Gasteiger partial charge in [0.25, 0.3) is 0 Å². The van der Waals surface area contributed by atoms with Crippen molar-refractivity contribution in [2.24, 2.45) is 0 Å². The molecule has 0 aliphatic heterocycles. The molecule has 0 aromatic carbocycles. The summed E-state index contributed by atoms with van der Waals surface area (Å²) in [5, 5.41) is 3.25. The molecule has 1 N–H and O–H groups in total. The number of aromatic nitrogens is 1. The number of anilines is 1. The number of pyridine rings is 1. The Labute approximate surface area is 116 Å². The molecule has 1 aromatic rings. The molecule has 0 atom stereocenters. The molecule has 0 bridgehead atoms. The first kappa shape index (κ1) is 15.9. The molecule has 0 aliphatic rings. The molecule has 4 heteroatoms. The highest BCUT2D eigenvalue weighted by Gasteiger charge is 2.15. The Bertz CT molecular complexity index is 350. The Hall–Kier alpha value is -1.13. The number of rotatable bonds is 9. The van der Waals surface area contributed by atoms with Crippen LogP contribution in [0.5, 0.6) is 0 Å². The van der Waals surface area contributed by atoms with Crippen LogP contribution in [0.25, 0.3) is 0 Å². The third kappa shape index (κ3) is 6.55. The van der Waals surface area contributed by atoms with Crippen molar-refractivity contribution in [2.75, 3.05) is 25.6 Å². The van der Waals surface area contributed by atoms with E-state index >= 15 is 0 Å². The Kier molecular flexibility index (Phi) is 6.81. The van der Waals surface area contributed by atoms with Crippen molar-refractivity contribution in [2.45, 2.75) is 45.8 Å². The van der Waals surface area contributed by atoms with Gasteiger partial charge in [-0.3, -0.25) is 0 Å². The Morgan fingerprint density at radius 1 is 1.32 bits per heavy atom. The zero-order valence-corrected chi connectivity index (χ0v) is 12.5. The number of methoxy groups -OCH3 is 1. The van der Waals surface area contributed by atoms with Crippen LogP contribution in [-0.4, -0.2) is 30.8 Å². The van der Waals surface area contributed by atoms with Crippen LogP contribution in [-0.2, 0) is 16.1 Å². The fourth-order valence-corrected chi connectivity index (χ4v) is 1.48. The van der Waals surface area contributed by atoms with Crippen molar-refractivity contribution in [3.8, 4) is 0 Å². The highest BCUT2D eigenvalue weighted by molar-refractivity contribution is 5.35. The van der Waals surface area contributed by atoms with Crippen LogP contribution in [0.1, 0.15) is 39.2 Å². The molecule has 1 aromatic heterocycles. The maximum absolute atomic E-state index is 5.64. The predicted molar refractivity (Wildman–Crippen MR) is 78.4 cm³/mol. The molecule has 1 rings (SSSR count). The topological polar surface area (TPSA) is 43.4 Å². The van der Waals surface area contributed by atoms with Gasteiger partial charge in [-0.2, -0.15) is 0 Å². The minimum absolute atomic E-state index is 0.119. The minimum atomic E-state index is -0.119. The molecule has 0 unspecified atom stereocenters. The lowest BCUT2D eigenvalue weighted by atomic mass is 10.1. The fourth-order valence-electron chi connectivity index (χ4n) is 1.48. The number of hydrogen-bond acceptors (Lipinski definition) is 4. The molecule has 0 amide bonds. The predicted octanol–water partition coefficient (Wildman–Crippen LogP) is 3.24. The van der Waals surface area contributed by atoms with E-state index in [-0.39, 0.29) is 5.60 Å². The Morgan fingerprint density at radius 2 is 2.11 bits per heavy atom. The second kappa shape index (κ2) is 8.12. The van der Waals surface area contributed by atoms with Crippen LogP contribution in [0, 0.1) is 0 Å². The monoisotopic (exact) mass is 266 g/mol. The quantitative estimate of drug-likeness (QED) is 0.697. The summed E-state index contributed by atoms with van der Waals surface area (Å²) in [6.45, 7) is 8.50. The van der Waals surface area contributed by atoms with E-state index < -0.39 is 0 Å². The summed E-state index contributed by atoms with van der Waals surface area (Å²) in [7, 11) is 1.73. The van der Waals surface area contributed by atoms with Crippen molar-refractivity contribution in [3.63, 3.8) is 0 Å². The van der Waals surface area contributed by atoms with E-state index in [1.165, 1.54) is 0 Å². The molecular weight excluding hydrogens is 240 g/mol. The summed E-state index contributed by atoms with van der Waals surface area (Å²) in [6.07, 6.45) is 3.84. The first-order chi connectivity index (χ1) is 9.07. The van der Waals surface area contributed by atoms with Gasteiger partial charge in [0.15, 0.2) is 0 Å². The van der Waals surface area contributed by atoms with E-state index in [0.717, 1.165) is 30.8 Å². The van der Waals surface area contributed by atoms with E-state index in [1.807, 2.05) is 18.3 Å². The first-order valence-electron chi connectivity index (χ1n) is 6.89. The SMILES string of the molecule is CCCNc1ccc(COCCC(C)(C)OC)cn1. The van der Waals surface area contributed by atoms with Gasteiger partial charge in [-0.15, -0.1) is 0 Å². The van der Waals surface area contributed by atoms with Gasteiger partial charge < -0.3 is 14.8 Å².